The number of benzene rings is 1. The van der Waals surface area contributed by atoms with Crippen LogP contribution in [0.4, 0.5) is 11.6 Å². The number of rotatable bonds is 3. The molecule has 3 rings (SSSR count). The minimum Gasteiger partial charge on any atom is -0.368 e. The van der Waals surface area contributed by atoms with Gasteiger partial charge in [-0.1, -0.05) is 12.1 Å². The van der Waals surface area contributed by atoms with Crippen molar-refractivity contribution in [2.45, 2.75) is 0 Å². The van der Waals surface area contributed by atoms with E-state index < -0.39 is 4.92 Å². The molecule has 0 aliphatic carbocycles. The lowest BCUT2D eigenvalue weighted by Gasteiger charge is -2.04. The van der Waals surface area contributed by atoms with Crippen molar-refractivity contribution in [1.82, 2.24) is 29.7 Å². The van der Waals surface area contributed by atoms with Gasteiger partial charge in [-0.05, 0) is 0 Å². The molecule has 0 unspecified atom stereocenters. The average Bonchev–Trinajstić information content (AvgIpc) is 3.01. The second kappa shape index (κ2) is 4.92. The lowest BCUT2D eigenvalue weighted by atomic mass is 10.2. The van der Waals surface area contributed by atoms with Gasteiger partial charge in [-0.3, -0.25) is 10.1 Å². The van der Waals surface area contributed by atoms with Crippen LogP contribution < -0.4 is 5.73 Å². The van der Waals surface area contributed by atoms with Gasteiger partial charge in [-0.15, -0.1) is 0 Å². The quantitative estimate of drug-likeness (QED) is 0.545. The lowest BCUT2D eigenvalue weighted by molar-refractivity contribution is -0.384. The molecule has 0 saturated heterocycles. The molecule has 0 aliphatic rings. The number of anilines is 1. The van der Waals surface area contributed by atoms with Crippen LogP contribution in [0.1, 0.15) is 0 Å². The number of nitrogen functional groups attached to an aromatic ring is 1. The standard InChI is InChI=1S/C11H8N8O2/c12-10-15-9(7-2-1-3-8(4-7)19(20)21)16-11(17-10)18-6-13-5-14-18/h1-6H,(H2,12,15,16,17). The molecule has 21 heavy (non-hydrogen) atoms. The maximum atomic E-state index is 10.8. The molecule has 1 aromatic carbocycles. The highest BCUT2D eigenvalue weighted by atomic mass is 16.6. The number of aromatic nitrogens is 6. The minimum absolute atomic E-state index is 0.0167. The predicted molar refractivity (Wildman–Crippen MR) is 71.2 cm³/mol. The van der Waals surface area contributed by atoms with Crippen molar-refractivity contribution in [3.63, 3.8) is 0 Å². The smallest absolute Gasteiger partial charge is 0.270 e. The summed E-state index contributed by atoms with van der Waals surface area (Å²) in [4.78, 5) is 26.2. The maximum Gasteiger partial charge on any atom is 0.270 e. The summed E-state index contributed by atoms with van der Waals surface area (Å²) in [6.45, 7) is 0. The van der Waals surface area contributed by atoms with E-state index in [1.807, 2.05) is 0 Å². The Balaban J connectivity index is 2.10. The van der Waals surface area contributed by atoms with Crippen molar-refractivity contribution in [2.24, 2.45) is 0 Å². The third-order valence-corrected chi connectivity index (χ3v) is 2.58. The Morgan fingerprint density at radius 3 is 2.81 bits per heavy atom. The summed E-state index contributed by atoms with van der Waals surface area (Å²) in [6, 6.07) is 5.93. The number of hydrogen-bond acceptors (Lipinski definition) is 8. The molecular weight excluding hydrogens is 276 g/mol. The van der Waals surface area contributed by atoms with Crippen LogP contribution in [0.5, 0.6) is 0 Å². The SMILES string of the molecule is Nc1nc(-c2cccc([N+](=O)[O-])c2)nc(-n2cncn2)n1. The van der Waals surface area contributed by atoms with Crippen LogP contribution >= 0.6 is 0 Å². The fraction of sp³-hybridized carbons (Fsp3) is 0. The Morgan fingerprint density at radius 2 is 2.10 bits per heavy atom. The van der Waals surface area contributed by atoms with E-state index in [9.17, 15) is 10.1 Å². The second-order valence-electron chi connectivity index (χ2n) is 3.96. The van der Waals surface area contributed by atoms with Crippen molar-refractivity contribution >= 4 is 11.6 Å². The van der Waals surface area contributed by atoms with Gasteiger partial charge in [0.1, 0.15) is 12.7 Å². The zero-order valence-electron chi connectivity index (χ0n) is 10.5. The summed E-state index contributed by atoms with van der Waals surface area (Å²) in [5.74, 6) is 0.384. The van der Waals surface area contributed by atoms with Gasteiger partial charge in [0.25, 0.3) is 11.6 Å². The Morgan fingerprint density at radius 1 is 1.24 bits per heavy atom. The van der Waals surface area contributed by atoms with Crippen LogP contribution in [0, 0.1) is 10.1 Å². The Kier molecular flexibility index (Phi) is 2.95. The number of nitrogens with zero attached hydrogens (tertiary/aromatic N) is 7. The van der Waals surface area contributed by atoms with E-state index >= 15 is 0 Å². The zero-order valence-corrected chi connectivity index (χ0v) is 10.5. The number of nitrogens with two attached hydrogens (primary N) is 1. The third kappa shape index (κ3) is 2.49. The molecule has 2 heterocycles. The highest BCUT2D eigenvalue weighted by Gasteiger charge is 2.12. The first-order chi connectivity index (χ1) is 10.1. The van der Waals surface area contributed by atoms with Gasteiger partial charge in [0.05, 0.1) is 4.92 Å². The molecule has 0 aliphatic heterocycles. The fourth-order valence-electron chi connectivity index (χ4n) is 1.68. The molecule has 0 fully saturated rings. The summed E-state index contributed by atoms with van der Waals surface area (Å²) in [7, 11) is 0. The Labute approximate surface area is 117 Å². The molecule has 2 aromatic heterocycles. The third-order valence-electron chi connectivity index (χ3n) is 2.58. The molecule has 0 bridgehead atoms. The van der Waals surface area contributed by atoms with Gasteiger partial charge in [0.2, 0.25) is 5.95 Å². The number of nitro groups is 1. The van der Waals surface area contributed by atoms with Crippen LogP contribution in [-0.4, -0.2) is 34.6 Å². The van der Waals surface area contributed by atoms with Crippen LogP contribution in [0.25, 0.3) is 17.3 Å². The van der Waals surface area contributed by atoms with Crippen LogP contribution in [-0.2, 0) is 0 Å². The predicted octanol–water partition coefficient (Wildman–Crippen LogP) is 0.610. The molecular formula is C11H8N8O2. The van der Waals surface area contributed by atoms with Crippen LogP contribution in [0.3, 0.4) is 0 Å². The van der Waals surface area contributed by atoms with E-state index in [0.29, 0.717) is 5.56 Å². The zero-order chi connectivity index (χ0) is 14.8. The minimum atomic E-state index is -0.494. The lowest BCUT2D eigenvalue weighted by Crippen LogP contribution is -2.08. The van der Waals surface area contributed by atoms with E-state index in [-0.39, 0.29) is 23.4 Å². The van der Waals surface area contributed by atoms with Crippen LogP contribution in [0.15, 0.2) is 36.9 Å². The van der Waals surface area contributed by atoms with Crippen LogP contribution in [0.2, 0.25) is 0 Å². The first-order valence-corrected chi connectivity index (χ1v) is 5.75. The van der Waals surface area contributed by atoms with Crippen molar-refractivity contribution in [3.05, 3.63) is 47.0 Å². The van der Waals surface area contributed by atoms with Crippen molar-refractivity contribution in [3.8, 4) is 17.3 Å². The topological polar surface area (TPSA) is 139 Å². The highest BCUT2D eigenvalue weighted by Crippen LogP contribution is 2.21. The molecule has 0 radical (unpaired) electrons. The molecule has 0 saturated carbocycles. The number of nitro benzene ring substituents is 1. The highest BCUT2D eigenvalue weighted by molar-refractivity contribution is 5.60. The normalized spacial score (nSPS) is 10.5. The molecule has 0 spiro atoms. The van der Waals surface area contributed by atoms with Gasteiger partial charge >= 0.3 is 0 Å². The van der Waals surface area contributed by atoms with E-state index in [0.717, 1.165) is 0 Å². The molecule has 0 atom stereocenters. The van der Waals surface area contributed by atoms with Crippen molar-refractivity contribution in [1.29, 1.82) is 0 Å². The summed E-state index contributed by atoms with van der Waals surface area (Å²) in [5.41, 5.74) is 6.04. The Bertz CT molecular complexity index is 802. The summed E-state index contributed by atoms with van der Waals surface area (Å²) < 4.78 is 1.32. The molecule has 0 amide bonds. The Hall–Kier alpha value is -3.43. The van der Waals surface area contributed by atoms with Gasteiger partial charge < -0.3 is 5.73 Å². The molecule has 2 N–H and O–H groups in total. The summed E-state index contributed by atoms with van der Waals surface area (Å²) in [5, 5.41) is 14.7. The molecule has 10 heteroatoms. The maximum absolute atomic E-state index is 10.8. The first-order valence-electron chi connectivity index (χ1n) is 5.75. The summed E-state index contributed by atoms with van der Waals surface area (Å²) >= 11 is 0. The molecule has 10 nitrogen and oxygen atoms in total. The van der Waals surface area contributed by atoms with E-state index in [1.54, 1.807) is 12.1 Å². The molecule has 3 aromatic rings. The van der Waals surface area contributed by atoms with E-state index in [1.165, 1.54) is 29.5 Å². The van der Waals surface area contributed by atoms with E-state index in [4.69, 9.17) is 5.73 Å². The largest absolute Gasteiger partial charge is 0.368 e. The van der Waals surface area contributed by atoms with Gasteiger partial charge in [-0.25, -0.2) is 4.98 Å². The monoisotopic (exact) mass is 284 g/mol. The van der Waals surface area contributed by atoms with Gasteiger partial charge in [0, 0.05) is 17.7 Å². The average molecular weight is 284 g/mol. The van der Waals surface area contributed by atoms with Crippen molar-refractivity contribution < 1.29 is 4.92 Å². The molecule has 104 valence electrons. The number of non-ortho nitro benzene ring substituents is 1. The number of hydrogen-bond donors (Lipinski definition) is 1. The van der Waals surface area contributed by atoms with Gasteiger partial charge in [-0.2, -0.15) is 24.7 Å². The fourth-order valence-corrected chi connectivity index (χ4v) is 1.68. The van der Waals surface area contributed by atoms with Crippen molar-refractivity contribution in [2.75, 3.05) is 5.73 Å². The second-order valence-corrected chi connectivity index (χ2v) is 3.96. The van der Waals surface area contributed by atoms with Gasteiger partial charge in [0.15, 0.2) is 5.82 Å². The van der Waals surface area contributed by atoms with E-state index in [2.05, 4.69) is 25.0 Å². The summed E-state index contributed by atoms with van der Waals surface area (Å²) in [6.07, 6.45) is 2.74. The first kappa shape index (κ1) is 12.6.